The number of β-lactam (4-membered cyclic amide) rings is 1. The van der Waals surface area contributed by atoms with Crippen LogP contribution < -0.4 is 22.5 Å². The lowest BCUT2D eigenvalue weighted by atomic mass is 10.0. The van der Waals surface area contributed by atoms with Gasteiger partial charge in [-0.05, 0) is 0 Å². The number of nitrogen functional groups attached to an aromatic ring is 3. The molecule has 2 aliphatic heterocycles. The zero-order valence-electron chi connectivity index (χ0n) is 17.7. The first-order chi connectivity index (χ1) is 17.1. The monoisotopic (exact) mass is 589 g/mol. The molecule has 36 heavy (non-hydrogen) atoms. The second kappa shape index (κ2) is 10.6. The number of aliphatic carboxylic acids is 1. The molecule has 9 N–H and O–H groups in total. The number of nitrogens with zero attached hydrogens (tertiary/aromatic N) is 5. The van der Waals surface area contributed by atoms with Gasteiger partial charge in [0.15, 0.2) is 10.8 Å². The Morgan fingerprint density at radius 1 is 1.28 bits per heavy atom. The molecule has 1 saturated heterocycles. The number of carboxylic acids is 1. The number of hydrogen-bond acceptors (Lipinski definition) is 15. The normalized spacial score (nSPS) is 19.6. The van der Waals surface area contributed by atoms with Crippen molar-refractivity contribution >= 4 is 98.6 Å². The number of carbonyl (C=O) groups is 3. The molecule has 2 aliphatic rings. The molecule has 1 fully saturated rings. The highest BCUT2D eigenvalue weighted by molar-refractivity contribution is 8.18. The third-order valence-electron chi connectivity index (χ3n) is 4.74. The van der Waals surface area contributed by atoms with Crippen LogP contribution in [0.2, 0.25) is 4.34 Å². The Morgan fingerprint density at radius 3 is 2.64 bits per heavy atom. The Kier molecular flexibility index (Phi) is 7.69. The van der Waals surface area contributed by atoms with Crippen LogP contribution in [0.1, 0.15) is 5.69 Å². The van der Waals surface area contributed by atoms with Gasteiger partial charge < -0.3 is 32.8 Å². The number of thioether (sulfide) groups is 3. The number of nitrogens with one attached hydrogen (secondary N) is 1. The van der Waals surface area contributed by atoms with E-state index in [4.69, 9.17) is 28.8 Å². The van der Waals surface area contributed by atoms with E-state index in [1.165, 1.54) is 35.3 Å². The SMILES string of the molecule is Nc1cc(SCSC2=C(C(=O)O)N3C(=O)C(NC(=O)/C(=N/O)c4nc(N)sc4Cl)[C@H]3SC2)nc(N)n1. The van der Waals surface area contributed by atoms with E-state index < -0.39 is 34.9 Å². The summed E-state index contributed by atoms with van der Waals surface area (Å²) < 4.78 is 0.0343. The summed E-state index contributed by atoms with van der Waals surface area (Å²) in [6.45, 7) is 0. The maximum Gasteiger partial charge on any atom is 0.353 e. The van der Waals surface area contributed by atoms with Gasteiger partial charge in [-0.3, -0.25) is 14.5 Å². The number of rotatable bonds is 8. The first-order valence-electron chi connectivity index (χ1n) is 9.62. The van der Waals surface area contributed by atoms with Crippen molar-refractivity contribution in [3.8, 4) is 0 Å². The molecule has 0 spiro atoms. The zero-order valence-corrected chi connectivity index (χ0v) is 21.8. The second-order valence-corrected chi connectivity index (χ2v) is 12.1. The van der Waals surface area contributed by atoms with E-state index in [1.54, 1.807) is 6.07 Å². The number of fused-ring (bicyclic) bond motifs is 1. The number of halogens is 1. The van der Waals surface area contributed by atoms with Gasteiger partial charge >= 0.3 is 5.97 Å². The first kappa shape index (κ1) is 26.1. The molecular weight excluding hydrogens is 574 g/mol. The average molecular weight is 590 g/mol. The van der Waals surface area contributed by atoms with Gasteiger partial charge in [0.25, 0.3) is 11.8 Å². The molecule has 0 aliphatic carbocycles. The van der Waals surface area contributed by atoms with Gasteiger partial charge in [-0.15, -0.1) is 23.5 Å². The Hall–Kier alpha value is -2.93. The third-order valence-corrected chi connectivity index (χ3v) is 9.42. The lowest BCUT2D eigenvalue weighted by molar-refractivity contribution is -0.150. The van der Waals surface area contributed by atoms with Crippen LogP contribution in [0.5, 0.6) is 0 Å². The summed E-state index contributed by atoms with van der Waals surface area (Å²) >= 11 is 10.7. The van der Waals surface area contributed by atoms with Crippen molar-refractivity contribution in [3.05, 3.63) is 26.7 Å². The first-order valence-corrected chi connectivity index (χ1v) is 13.8. The molecule has 0 aromatic carbocycles. The smallest absolute Gasteiger partial charge is 0.353 e. The standard InChI is InChI=1S/C17H16ClN9O5S4/c18-11-7(25-17(21)36-11)8(26-32)12(28)24-9-13(29)27-10(15(30)31)4(2-33-14(9)27)34-3-35-6-1-5(19)22-16(20)23-6/h1,9,14,32H,2-3H2,(H2,21,25)(H,24,28)(H,30,31)(H4,19,20,22,23)/b26-8+/t9?,14-/m1/s1. The second-order valence-electron chi connectivity index (χ2n) is 6.96. The summed E-state index contributed by atoms with van der Waals surface area (Å²) in [7, 11) is 0. The van der Waals surface area contributed by atoms with Crippen molar-refractivity contribution in [1.29, 1.82) is 0 Å². The maximum atomic E-state index is 12.9. The van der Waals surface area contributed by atoms with Crippen LogP contribution in [-0.4, -0.2) is 75.9 Å². The van der Waals surface area contributed by atoms with Crippen molar-refractivity contribution in [3.63, 3.8) is 0 Å². The summed E-state index contributed by atoms with van der Waals surface area (Å²) in [6.07, 6.45) is 0. The quantitative estimate of drug-likeness (QED) is 0.0472. The molecule has 2 amide bonds. The minimum Gasteiger partial charge on any atom is -0.477 e. The van der Waals surface area contributed by atoms with E-state index in [-0.39, 0.29) is 38.4 Å². The Morgan fingerprint density at radius 2 is 2.03 bits per heavy atom. The van der Waals surface area contributed by atoms with Crippen molar-refractivity contribution in [2.75, 3.05) is 28.0 Å². The third kappa shape index (κ3) is 5.12. The topological polar surface area (TPSA) is 236 Å². The molecule has 0 radical (unpaired) electrons. The summed E-state index contributed by atoms with van der Waals surface area (Å²) in [5.41, 5.74) is 16.0. The largest absolute Gasteiger partial charge is 0.477 e. The van der Waals surface area contributed by atoms with Gasteiger partial charge in [0.2, 0.25) is 5.95 Å². The van der Waals surface area contributed by atoms with E-state index in [0.717, 1.165) is 16.2 Å². The van der Waals surface area contributed by atoms with Gasteiger partial charge in [-0.25, -0.2) is 14.8 Å². The predicted molar refractivity (Wildman–Crippen MR) is 139 cm³/mol. The number of anilines is 3. The number of amides is 2. The van der Waals surface area contributed by atoms with E-state index >= 15 is 0 Å². The molecule has 2 aromatic rings. The van der Waals surface area contributed by atoms with Gasteiger partial charge in [0.1, 0.15) is 38.0 Å². The Bertz CT molecular complexity index is 1300. The molecular formula is C17H16ClN9O5S4. The summed E-state index contributed by atoms with van der Waals surface area (Å²) in [4.78, 5) is 50.9. The van der Waals surface area contributed by atoms with E-state index in [0.29, 0.717) is 15.0 Å². The zero-order chi connectivity index (χ0) is 26.1. The molecule has 4 rings (SSSR count). The van der Waals surface area contributed by atoms with E-state index in [1.807, 2.05) is 0 Å². The number of nitrogens with two attached hydrogens (primary N) is 3. The molecule has 0 saturated carbocycles. The number of hydrogen-bond donors (Lipinski definition) is 6. The highest BCUT2D eigenvalue weighted by Crippen LogP contribution is 2.44. The summed E-state index contributed by atoms with van der Waals surface area (Å²) in [5.74, 6) is -2.28. The van der Waals surface area contributed by atoms with Gasteiger partial charge in [0.05, 0.1) is 0 Å². The number of carboxylic acid groups (broad SMARTS) is 1. The van der Waals surface area contributed by atoms with Crippen LogP contribution in [0.15, 0.2) is 26.9 Å². The minimum atomic E-state index is -1.27. The van der Waals surface area contributed by atoms with Crippen molar-refractivity contribution in [1.82, 2.24) is 25.2 Å². The molecule has 2 atom stereocenters. The van der Waals surface area contributed by atoms with Gasteiger partial charge in [-0.2, -0.15) is 4.98 Å². The number of carbonyl (C=O) groups excluding carboxylic acids is 2. The molecule has 2 aromatic heterocycles. The van der Waals surface area contributed by atoms with Crippen LogP contribution >= 0.6 is 58.2 Å². The predicted octanol–water partition coefficient (Wildman–Crippen LogP) is 0.690. The van der Waals surface area contributed by atoms with Crippen LogP contribution in [-0.2, 0) is 14.4 Å². The number of thiazole rings is 1. The van der Waals surface area contributed by atoms with Crippen LogP contribution in [0.4, 0.5) is 16.9 Å². The highest BCUT2D eigenvalue weighted by atomic mass is 35.5. The van der Waals surface area contributed by atoms with Gasteiger partial charge in [0, 0.05) is 21.8 Å². The summed E-state index contributed by atoms with van der Waals surface area (Å²) in [5, 5.41) is 24.8. The van der Waals surface area contributed by atoms with E-state index in [9.17, 15) is 24.7 Å². The molecule has 19 heteroatoms. The number of aromatic nitrogens is 3. The molecule has 14 nitrogen and oxygen atoms in total. The van der Waals surface area contributed by atoms with Crippen molar-refractivity contribution < 1.29 is 24.7 Å². The van der Waals surface area contributed by atoms with Crippen LogP contribution in [0, 0.1) is 0 Å². The fourth-order valence-electron chi connectivity index (χ4n) is 3.27. The Labute approximate surface area is 224 Å². The van der Waals surface area contributed by atoms with Crippen LogP contribution in [0.3, 0.4) is 0 Å². The molecule has 1 unspecified atom stereocenters. The molecule has 0 bridgehead atoms. The van der Waals surface area contributed by atoms with Crippen molar-refractivity contribution in [2.45, 2.75) is 16.4 Å². The van der Waals surface area contributed by atoms with Crippen molar-refractivity contribution in [2.24, 2.45) is 5.16 Å². The minimum absolute atomic E-state index is 0.0261. The van der Waals surface area contributed by atoms with E-state index in [2.05, 4.69) is 25.4 Å². The van der Waals surface area contributed by atoms with Gasteiger partial charge in [-0.1, -0.05) is 39.9 Å². The average Bonchev–Trinajstić information content (AvgIpc) is 3.14. The lowest BCUT2D eigenvalue weighted by Gasteiger charge is -2.49. The lowest BCUT2D eigenvalue weighted by Crippen LogP contribution is -2.71. The number of oxime groups is 1. The highest BCUT2D eigenvalue weighted by Gasteiger charge is 2.54. The Balaban J connectivity index is 1.45. The maximum absolute atomic E-state index is 12.9. The van der Waals surface area contributed by atoms with Crippen LogP contribution in [0.25, 0.3) is 0 Å². The fourth-order valence-corrected chi connectivity index (χ4v) is 7.90. The fraction of sp³-hybridized carbons (Fsp3) is 0.235. The summed E-state index contributed by atoms with van der Waals surface area (Å²) in [6, 6.07) is 0.500. The molecule has 4 heterocycles. The molecule has 190 valence electrons.